The summed E-state index contributed by atoms with van der Waals surface area (Å²) in [4.78, 5) is 11.0. The molecule has 0 aromatic rings. The summed E-state index contributed by atoms with van der Waals surface area (Å²) >= 11 is 2.08. The fourth-order valence-electron chi connectivity index (χ4n) is 1.18. The summed E-state index contributed by atoms with van der Waals surface area (Å²) in [6.45, 7) is 2.23. The maximum Gasteiger partial charge on any atom is 0.319 e. The number of carbonyl (C=O) groups is 1. The zero-order chi connectivity index (χ0) is 9.68. The van der Waals surface area contributed by atoms with Gasteiger partial charge in [0.1, 0.15) is 3.92 Å². The molecule has 0 aromatic carbocycles. The first-order valence-electron chi connectivity index (χ1n) is 4.27. The number of hydrogen-bond donors (Lipinski definition) is 1. The number of ether oxygens (including phenoxy) is 2. The van der Waals surface area contributed by atoms with Crippen molar-refractivity contribution in [2.75, 3.05) is 26.9 Å². The maximum atomic E-state index is 11.0. The van der Waals surface area contributed by atoms with E-state index in [1.54, 1.807) is 0 Å². The number of rotatable bonds is 4. The summed E-state index contributed by atoms with van der Waals surface area (Å²) in [6, 6.07) is 0.405. The molecule has 13 heavy (non-hydrogen) atoms. The topological polar surface area (TPSA) is 47.6 Å². The molecule has 0 amide bonds. The van der Waals surface area contributed by atoms with E-state index in [1.165, 1.54) is 7.11 Å². The van der Waals surface area contributed by atoms with Crippen molar-refractivity contribution in [3.05, 3.63) is 0 Å². The van der Waals surface area contributed by atoms with Crippen LogP contribution in [0.25, 0.3) is 0 Å². The standard InChI is InChI=1S/C8H14INO3/c1-12-8(11)7(9)4-10-6-2-3-13-5-6/h6-7,10H,2-5H2,1H3. The smallest absolute Gasteiger partial charge is 0.319 e. The third kappa shape index (κ3) is 3.78. The Kier molecular flexibility index (Phi) is 4.97. The lowest BCUT2D eigenvalue weighted by molar-refractivity contribution is -0.139. The van der Waals surface area contributed by atoms with Crippen molar-refractivity contribution in [2.24, 2.45) is 0 Å². The van der Waals surface area contributed by atoms with E-state index in [-0.39, 0.29) is 9.89 Å². The zero-order valence-electron chi connectivity index (χ0n) is 7.59. The van der Waals surface area contributed by atoms with E-state index in [4.69, 9.17) is 4.74 Å². The highest BCUT2D eigenvalue weighted by atomic mass is 127. The van der Waals surface area contributed by atoms with Crippen LogP contribution in [0.1, 0.15) is 6.42 Å². The van der Waals surface area contributed by atoms with Crippen LogP contribution < -0.4 is 5.32 Å². The molecule has 1 aliphatic rings. The molecule has 1 fully saturated rings. The molecule has 0 aliphatic carbocycles. The van der Waals surface area contributed by atoms with E-state index in [0.29, 0.717) is 12.6 Å². The summed E-state index contributed by atoms with van der Waals surface area (Å²) < 4.78 is 9.70. The molecule has 76 valence electrons. The van der Waals surface area contributed by atoms with Gasteiger partial charge in [-0.2, -0.15) is 0 Å². The number of methoxy groups -OCH3 is 1. The van der Waals surface area contributed by atoms with Gasteiger partial charge in [0, 0.05) is 19.2 Å². The summed E-state index contributed by atoms with van der Waals surface area (Å²) in [5.74, 6) is -0.174. The normalized spacial score (nSPS) is 24.3. The van der Waals surface area contributed by atoms with Gasteiger partial charge in [0.2, 0.25) is 0 Å². The second-order valence-corrected chi connectivity index (χ2v) is 4.46. The predicted octanol–water partition coefficient (Wildman–Crippen LogP) is 0.341. The predicted molar refractivity (Wildman–Crippen MR) is 57.1 cm³/mol. The third-order valence-electron chi connectivity index (χ3n) is 1.97. The van der Waals surface area contributed by atoms with Gasteiger partial charge in [0.05, 0.1) is 13.7 Å². The van der Waals surface area contributed by atoms with E-state index < -0.39 is 0 Å². The van der Waals surface area contributed by atoms with Gasteiger partial charge in [-0.15, -0.1) is 0 Å². The second kappa shape index (κ2) is 5.77. The Hall–Kier alpha value is 0.120. The van der Waals surface area contributed by atoms with Gasteiger partial charge in [-0.1, -0.05) is 22.6 Å². The van der Waals surface area contributed by atoms with Crippen molar-refractivity contribution < 1.29 is 14.3 Å². The SMILES string of the molecule is COC(=O)C(I)CNC1CCOC1. The molecule has 0 spiro atoms. The minimum absolute atomic E-state index is 0.108. The van der Waals surface area contributed by atoms with Crippen LogP contribution >= 0.6 is 22.6 Å². The van der Waals surface area contributed by atoms with Crippen LogP contribution in [0.15, 0.2) is 0 Å². The van der Waals surface area contributed by atoms with Crippen molar-refractivity contribution in [3.8, 4) is 0 Å². The highest BCUT2D eigenvalue weighted by Gasteiger charge is 2.19. The molecule has 1 aliphatic heterocycles. The maximum absolute atomic E-state index is 11.0. The van der Waals surface area contributed by atoms with Crippen LogP contribution in [-0.4, -0.2) is 42.8 Å². The average Bonchev–Trinajstić information content (AvgIpc) is 2.65. The summed E-state index contributed by atoms with van der Waals surface area (Å²) in [6.07, 6.45) is 1.03. The molecule has 2 atom stereocenters. The molecular weight excluding hydrogens is 285 g/mol. The molecule has 1 heterocycles. The average molecular weight is 299 g/mol. The number of nitrogens with one attached hydrogen (secondary N) is 1. The van der Waals surface area contributed by atoms with E-state index in [1.807, 2.05) is 0 Å². The Bertz CT molecular complexity index is 171. The van der Waals surface area contributed by atoms with Crippen LogP contribution in [0.2, 0.25) is 0 Å². The van der Waals surface area contributed by atoms with Gasteiger partial charge in [-0.25, -0.2) is 0 Å². The first-order chi connectivity index (χ1) is 6.24. The highest BCUT2D eigenvalue weighted by Crippen LogP contribution is 2.06. The van der Waals surface area contributed by atoms with Crippen molar-refractivity contribution in [2.45, 2.75) is 16.4 Å². The number of carbonyl (C=O) groups excluding carboxylic acids is 1. The van der Waals surface area contributed by atoms with Crippen LogP contribution in [0.3, 0.4) is 0 Å². The Morgan fingerprint density at radius 2 is 2.62 bits per heavy atom. The Balaban J connectivity index is 2.13. The lowest BCUT2D eigenvalue weighted by Gasteiger charge is -2.12. The Morgan fingerprint density at radius 1 is 1.85 bits per heavy atom. The van der Waals surface area contributed by atoms with Crippen LogP contribution in [0.5, 0.6) is 0 Å². The van der Waals surface area contributed by atoms with Crippen molar-refractivity contribution >= 4 is 28.6 Å². The number of alkyl halides is 1. The Morgan fingerprint density at radius 3 is 3.15 bits per heavy atom. The van der Waals surface area contributed by atoms with Gasteiger partial charge in [-0.05, 0) is 6.42 Å². The first kappa shape index (κ1) is 11.2. The van der Waals surface area contributed by atoms with Crippen molar-refractivity contribution in [1.29, 1.82) is 0 Å². The van der Waals surface area contributed by atoms with Crippen molar-refractivity contribution in [1.82, 2.24) is 5.32 Å². The molecule has 4 nitrogen and oxygen atoms in total. The molecule has 1 saturated heterocycles. The van der Waals surface area contributed by atoms with E-state index in [9.17, 15) is 4.79 Å². The number of halogens is 1. The molecule has 0 saturated carbocycles. The van der Waals surface area contributed by atoms with Crippen LogP contribution in [0.4, 0.5) is 0 Å². The highest BCUT2D eigenvalue weighted by molar-refractivity contribution is 14.1. The molecule has 0 bridgehead atoms. The second-order valence-electron chi connectivity index (χ2n) is 2.96. The Labute approximate surface area is 91.5 Å². The summed E-state index contributed by atoms with van der Waals surface area (Å²) in [5.41, 5.74) is 0. The van der Waals surface area contributed by atoms with E-state index >= 15 is 0 Å². The van der Waals surface area contributed by atoms with E-state index in [2.05, 4.69) is 32.6 Å². The monoisotopic (exact) mass is 299 g/mol. The molecule has 0 aromatic heterocycles. The first-order valence-corrected chi connectivity index (χ1v) is 5.51. The summed E-state index contributed by atoms with van der Waals surface area (Å²) in [5, 5.41) is 3.26. The quantitative estimate of drug-likeness (QED) is 0.462. The van der Waals surface area contributed by atoms with Crippen LogP contribution in [-0.2, 0) is 14.3 Å². The number of esters is 1. The fraction of sp³-hybridized carbons (Fsp3) is 0.875. The third-order valence-corrected chi connectivity index (χ3v) is 2.92. The van der Waals surface area contributed by atoms with Crippen LogP contribution in [0, 0.1) is 0 Å². The molecule has 1 rings (SSSR count). The van der Waals surface area contributed by atoms with E-state index in [0.717, 1.165) is 19.6 Å². The van der Waals surface area contributed by atoms with Gasteiger partial charge >= 0.3 is 5.97 Å². The molecule has 0 radical (unpaired) electrons. The molecule has 1 N–H and O–H groups in total. The zero-order valence-corrected chi connectivity index (χ0v) is 9.74. The summed E-state index contributed by atoms with van der Waals surface area (Å²) in [7, 11) is 1.41. The van der Waals surface area contributed by atoms with Gasteiger partial charge < -0.3 is 14.8 Å². The van der Waals surface area contributed by atoms with Gasteiger partial charge in [-0.3, -0.25) is 4.79 Å². The van der Waals surface area contributed by atoms with Gasteiger partial charge in [0.15, 0.2) is 0 Å². The lowest BCUT2D eigenvalue weighted by atomic mass is 10.2. The van der Waals surface area contributed by atoms with Crippen molar-refractivity contribution in [3.63, 3.8) is 0 Å². The minimum Gasteiger partial charge on any atom is -0.468 e. The number of hydrogen-bond acceptors (Lipinski definition) is 4. The lowest BCUT2D eigenvalue weighted by Crippen LogP contribution is -2.37. The molecular formula is C8H14INO3. The molecule has 2 unspecified atom stereocenters. The largest absolute Gasteiger partial charge is 0.468 e. The van der Waals surface area contributed by atoms with Gasteiger partial charge in [0.25, 0.3) is 0 Å². The minimum atomic E-state index is -0.174. The molecule has 5 heteroatoms. The fourth-order valence-corrected chi connectivity index (χ4v) is 1.69.